The maximum Gasteiger partial charge on any atom is 0.314 e. The van der Waals surface area contributed by atoms with E-state index in [-0.39, 0.29) is 18.4 Å². The molecule has 2 atom stereocenters. The van der Waals surface area contributed by atoms with Gasteiger partial charge < -0.3 is 15.0 Å². The van der Waals surface area contributed by atoms with Crippen molar-refractivity contribution >= 4 is 17.6 Å². The Morgan fingerprint density at radius 3 is 2.75 bits per heavy atom. The first-order valence-corrected chi connectivity index (χ1v) is 7.86. The number of carbonyl (C=O) groups is 2. The van der Waals surface area contributed by atoms with Gasteiger partial charge in [-0.3, -0.25) is 9.59 Å². The van der Waals surface area contributed by atoms with E-state index in [4.69, 9.17) is 4.74 Å². The van der Waals surface area contributed by atoms with E-state index in [9.17, 15) is 22.8 Å². The van der Waals surface area contributed by atoms with E-state index in [1.807, 2.05) is 0 Å². The number of anilines is 1. The van der Waals surface area contributed by atoms with Crippen molar-refractivity contribution in [2.24, 2.45) is 5.92 Å². The third-order valence-electron chi connectivity index (χ3n) is 3.96. The highest BCUT2D eigenvalue weighted by Crippen LogP contribution is 2.19. The van der Waals surface area contributed by atoms with Crippen LogP contribution in [0.15, 0.2) is 12.1 Å². The van der Waals surface area contributed by atoms with E-state index in [2.05, 4.69) is 5.32 Å². The monoisotopic (exact) mass is 345 g/mol. The Bertz CT molecular complexity index is 625. The Morgan fingerprint density at radius 1 is 1.29 bits per heavy atom. The fraction of sp³-hybridized carbons (Fsp3) is 0.500. The van der Waals surface area contributed by atoms with Crippen molar-refractivity contribution in [3.63, 3.8) is 0 Å². The molecule has 24 heavy (non-hydrogen) atoms. The average molecular weight is 345 g/mol. The Balaban J connectivity index is 1.92. The predicted octanol–water partition coefficient (Wildman–Crippen LogP) is 0.900. The summed E-state index contributed by atoms with van der Waals surface area (Å²) in [6.07, 6.45) is 1.48. The normalized spacial score (nSPS) is 20.5. The summed E-state index contributed by atoms with van der Waals surface area (Å²) >= 11 is 0. The maximum atomic E-state index is 13.6. The number of amides is 1. The molecule has 0 bridgehead atoms. The molecule has 1 fully saturated rings. The number of nitrogens with one attached hydrogen (secondary N) is 2. The molecule has 0 saturated carbocycles. The van der Waals surface area contributed by atoms with Gasteiger partial charge in [-0.1, -0.05) is 0 Å². The average Bonchev–Trinajstić information content (AvgIpc) is 2.56. The molecule has 1 aromatic carbocycles. The Kier molecular flexibility index (Phi) is 6.19. The van der Waals surface area contributed by atoms with Crippen LogP contribution >= 0.6 is 0 Å². The van der Waals surface area contributed by atoms with Gasteiger partial charge in [0.05, 0.1) is 25.4 Å². The zero-order chi connectivity index (χ0) is 17.7. The minimum Gasteiger partial charge on any atom is -0.466 e. The lowest BCUT2D eigenvalue weighted by atomic mass is 9.98. The Labute approximate surface area is 137 Å². The van der Waals surface area contributed by atoms with E-state index in [1.165, 1.54) is 0 Å². The lowest BCUT2D eigenvalue weighted by Crippen LogP contribution is -3.14. The lowest BCUT2D eigenvalue weighted by Gasteiger charge is -2.28. The van der Waals surface area contributed by atoms with Crippen molar-refractivity contribution in [1.82, 2.24) is 0 Å². The van der Waals surface area contributed by atoms with E-state index < -0.39 is 29.0 Å². The predicted molar refractivity (Wildman–Crippen MR) is 79.9 cm³/mol. The number of rotatable bonds is 5. The second kappa shape index (κ2) is 8.14. The maximum absolute atomic E-state index is 13.6. The summed E-state index contributed by atoms with van der Waals surface area (Å²) in [5.41, 5.74) is -0.405. The van der Waals surface area contributed by atoms with Crippen LogP contribution < -0.4 is 10.2 Å². The molecule has 1 aliphatic heterocycles. The molecule has 1 unspecified atom stereocenters. The molecule has 1 aliphatic rings. The summed E-state index contributed by atoms with van der Waals surface area (Å²) in [7, 11) is 0. The number of quaternary nitrogens is 1. The summed E-state index contributed by atoms with van der Waals surface area (Å²) in [5.74, 6) is -5.44. The van der Waals surface area contributed by atoms with E-state index in [1.54, 1.807) is 6.92 Å². The van der Waals surface area contributed by atoms with Crippen LogP contribution in [0.4, 0.5) is 18.9 Å². The second-order valence-corrected chi connectivity index (χ2v) is 5.74. The van der Waals surface area contributed by atoms with Gasteiger partial charge in [0.2, 0.25) is 0 Å². The van der Waals surface area contributed by atoms with Crippen LogP contribution in [0.3, 0.4) is 0 Å². The highest BCUT2D eigenvalue weighted by Gasteiger charge is 2.31. The molecule has 5 nitrogen and oxygen atoms in total. The molecule has 0 radical (unpaired) electrons. The fourth-order valence-corrected chi connectivity index (χ4v) is 2.82. The van der Waals surface area contributed by atoms with Gasteiger partial charge in [0.25, 0.3) is 5.91 Å². The van der Waals surface area contributed by atoms with Crippen molar-refractivity contribution in [2.45, 2.75) is 19.8 Å². The number of piperidine rings is 1. The lowest BCUT2D eigenvalue weighted by molar-refractivity contribution is -0.899. The van der Waals surface area contributed by atoms with Gasteiger partial charge in [0, 0.05) is 0 Å². The number of esters is 1. The Hall–Kier alpha value is -2.09. The number of carbonyl (C=O) groups excluding carboxylic acids is 2. The molecule has 1 heterocycles. The third kappa shape index (κ3) is 4.47. The third-order valence-corrected chi connectivity index (χ3v) is 3.96. The molecule has 2 rings (SSSR count). The Morgan fingerprint density at radius 2 is 2.04 bits per heavy atom. The van der Waals surface area contributed by atoms with Crippen LogP contribution in [0.5, 0.6) is 0 Å². The molecule has 0 aliphatic carbocycles. The van der Waals surface area contributed by atoms with Crippen molar-refractivity contribution in [2.75, 3.05) is 31.6 Å². The number of hydrogen-bond acceptors (Lipinski definition) is 3. The number of hydrogen-bond donors (Lipinski definition) is 2. The van der Waals surface area contributed by atoms with Crippen LogP contribution in [0, 0.1) is 23.4 Å². The summed E-state index contributed by atoms with van der Waals surface area (Å²) < 4.78 is 44.6. The van der Waals surface area contributed by atoms with Gasteiger partial charge >= 0.3 is 5.97 Å². The van der Waals surface area contributed by atoms with Crippen LogP contribution in [0.25, 0.3) is 0 Å². The van der Waals surface area contributed by atoms with Crippen LogP contribution in [0.1, 0.15) is 19.8 Å². The smallest absolute Gasteiger partial charge is 0.314 e. The summed E-state index contributed by atoms with van der Waals surface area (Å²) in [6.45, 7) is 3.19. The van der Waals surface area contributed by atoms with Gasteiger partial charge in [0.15, 0.2) is 24.0 Å². The zero-order valence-electron chi connectivity index (χ0n) is 13.3. The largest absolute Gasteiger partial charge is 0.466 e. The van der Waals surface area contributed by atoms with Crippen molar-refractivity contribution in [3.8, 4) is 0 Å². The van der Waals surface area contributed by atoms with Gasteiger partial charge in [-0.15, -0.1) is 0 Å². The van der Waals surface area contributed by atoms with Crippen molar-refractivity contribution in [1.29, 1.82) is 0 Å². The summed E-state index contributed by atoms with van der Waals surface area (Å²) in [4.78, 5) is 24.6. The van der Waals surface area contributed by atoms with Crippen molar-refractivity contribution in [3.05, 3.63) is 29.6 Å². The highest BCUT2D eigenvalue weighted by atomic mass is 19.2. The standard InChI is InChI=1S/C16H19F3N2O3/c1-2-24-16(23)10-4-3-7-21(8-10)9-13(22)20-12-6-5-11(17)14(18)15(12)19/h5-6,10H,2-4,7-9H2,1H3,(H,20,22)/p+1/t10-/m0/s1. The first kappa shape index (κ1) is 18.3. The minimum atomic E-state index is -1.62. The van der Waals surface area contributed by atoms with E-state index >= 15 is 0 Å². The van der Waals surface area contributed by atoms with Crippen LogP contribution in [-0.2, 0) is 14.3 Å². The summed E-state index contributed by atoms with van der Waals surface area (Å²) in [6, 6.07) is 1.72. The quantitative estimate of drug-likeness (QED) is 0.616. The molecule has 1 aromatic rings. The number of ether oxygens (including phenoxy) is 1. The van der Waals surface area contributed by atoms with Gasteiger partial charge in [-0.05, 0) is 31.9 Å². The highest BCUT2D eigenvalue weighted by molar-refractivity contribution is 5.91. The molecule has 0 spiro atoms. The SMILES string of the molecule is CCOC(=O)[C@H]1CCC[NH+](CC(=O)Nc2ccc(F)c(F)c2F)C1. The molecular weight excluding hydrogens is 325 g/mol. The van der Waals surface area contributed by atoms with Crippen molar-refractivity contribution < 1.29 is 32.4 Å². The molecule has 8 heteroatoms. The molecular formula is C16H20F3N2O3+. The van der Waals surface area contributed by atoms with E-state index in [0.717, 1.165) is 23.5 Å². The fourth-order valence-electron chi connectivity index (χ4n) is 2.82. The molecule has 132 valence electrons. The molecule has 2 N–H and O–H groups in total. The molecule has 1 saturated heterocycles. The zero-order valence-corrected chi connectivity index (χ0v) is 13.3. The molecule has 0 aromatic heterocycles. The first-order chi connectivity index (χ1) is 11.4. The first-order valence-electron chi connectivity index (χ1n) is 7.86. The van der Waals surface area contributed by atoms with Crippen LogP contribution in [-0.4, -0.2) is 38.1 Å². The van der Waals surface area contributed by atoms with Crippen LogP contribution in [0.2, 0.25) is 0 Å². The topological polar surface area (TPSA) is 59.8 Å². The van der Waals surface area contributed by atoms with Gasteiger partial charge in [-0.25, -0.2) is 13.2 Å². The number of likely N-dealkylation sites (tertiary alicyclic amines) is 1. The second-order valence-electron chi connectivity index (χ2n) is 5.74. The minimum absolute atomic E-state index is 0.00827. The summed E-state index contributed by atoms with van der Waals surface area (Å²) in [5, 5.41) is 2.24. The van der Waals surface area contributed by atoms with Gasteiger partial charge in [0.1, 0.15) is 5.92 Å². The number of benzene rings is 1. The van der Waals surface area contributed by atoms with Gasteiger partial charge in [-0.2, -0.15) is 0 Å². The molecule has 1 amide bonds. The van der Waals surface area contributed by atoms with E-state index in [0.29, 0.717) is 26.1 Å². The number of halogens is 3.